The Morgan fingerprint density at radius 1 is 1.29 bits per heavy atom. The number of amides is 1. The SMILES string of the molecule is CCCc1c(C(=O)N2CCNCC2)[nH]c(C)c1C(=O)OC. The van der Waals surface area contributed by atoms with Gasteiger partial charge in [-0.05, 0) is 18.9 Å². The molecule has 2 rings (SSSR count). The smallest absolute Gasteiger partial charge is 0.339 e. The third-order valence-corrected chi connectivity index (χ3v) is 3.80. The summed E-state index contributed by atoms with van der Waals surface area (Å²) in [7, 11) is 1.36. The molecular formula is C15H23N3O3. The Morgan fingerprint density at radius 2 is 1.95 bits per heavy atom. The van der Waals surface area contributed by atoms with Gasteiger partial charge in [0.05, 0.1) is 12.7 Å². The molecule has 1 amide bonds. The molecule has 2 heterocycles. The summed E-state index contributed by atoms with van der Waals surface area (Å²) < 4.78 is 4.85. The summed E-state index contributed by atoms with van der Waals surface area (Å²) in [5.74, 6) is -0.412. The highest BCUT2D eigenvalue weighted by atomic mass is 16.5. The molecular weight excluding hydrogens is 270 g/mol. The number of piperazine rings is 1. The van der Waals surface area contributed by atoms with Crippen molar-refractivity contribution in [3.8, 4) is 0 Å². The van der Waals surface area contributed by atoms with Gasteiger partial charge in [-0.3, -0.25) is 4.79 Å². The summed E-state index contributed by atoms with van der Waals surface area (Å²) in [5.41, 5.74) is 2.53. The molecule has 0 atom stereocenters. The number of carbonyl (C=O) groups is 2. The van der Waals surface area contributed by atoms with Crippen LogP contribution >= 0.6 is 0 Å². The van der Waals surface area contributed by atoms with E-state index in [4.69, 9.17) is 4.74 Å². The third kappa shape index (κ3) is 3.10. The van der Waals surface area contributed by atoms with Crippen molar-refractivity contribution in [3.05, 3.63) is 22.5 Å². The van der Waals surface area contributed by atoms with Crippen LogP contribution in [0.25, 0.3) is 0 Å². The predicted molar refractivity (Wildman–Crippen MR) is 79.6 cm³/mol. The van der Waals surface area contributed by atoms with E-state index in [1.54, 1.807) is 6.92 Å². The number of carbonyl (C=O) groups excluding carboxylic acids is 2. The molecule has 1 fully saturated rings. The maximum Gasteiger partial charge on any atom is 0.339 e. The van der Waals surface area contributed by atoms with Crippen LogP contribution in [0.3, 0.4) is 0 Å². The monoisotopic (exact) mass is 293 g/mol. The van der Waals surface area contributed by atoms with Crippen LogP contribution in [0, 0.1) is 6.92 Å². The first kappa shape index (κ1) is 15.6. The van der Waals surface area contributed by atoms with Gasteiger partial charge in [-0.15, -0.1) is 0 Å². The number of hydrogen-bond acceptors (Lipinski definition) is 4. The van der Waals surface area contributed by atoms with E-state index in [1.807, 2.05) is 11.8 Å². The second kappa shape index (κ2) is 6.76. The Morgan fingerprint density at radius 3 is 2.52 bits per heavy atom. The zero-order valence-electron chi connectivity index (χ0n) is 12.9. The van der Waals surface area contributed by atoms with E-state index in [2.05, 4.69) is 10.3 Å². The Hall–Kier alpha value is -1.82. The normalized spacial score (nSPS) is 15.1. The fourth-order valence-electron chi connectivity index (χ4n) is 2.76. The molecule has 1 aliphatic rings. The summed E-state index contributed by atoms with van der Waals surface area (Å²) in [6.45, 7) is 6.82. The first-order valence-electron chi connectivity index (χ1n) is 7.39. The zero-order valence-corrected chi connectivity index (χ0v) is 12.9. The zero-order chi connectivity index (χ0) is 15.4. The number of H-pyrrole nitrogens is 1. The van der Waals surface area contributed by atoms with E-state index in [0.29, 0.717) is 36.5 Å². The van der Waals surface area contributed by atoms with Crippen molar-refractivity contribution >= 4 is 11.9 Å². The first-order valence-corrected chi connectivity index (χ1v) is 7.39. The molecule has 6 heteroatoms. The van der Waals surface area contributed by atoms with Crippen molar-refractivity contribution in [1.29, 1.82) is 0 Å². The Labute approximate surface area is 124 Å². The number of aromatic amines is 1. The lowest BCUT2D eigenvalue weighted by Crippen LogP contribution is -2.46. The minimum atomic E-state index is -0.383. The van der Waals surface area contributed by atoms with E-state index in [-0.39, 0.29) is 11.9 Å². The Kier molecular flexibility index (Phi) is 5.01. The molecule has 1 aliphatic heterocycles. The van der Waals surface area contributed by atoms with Crippen LogP contribution in [0.4, 0.5) is 0 Å². The average molecular weight is 293 g/mol. The third-order valence-electron chi connectivity index (χ3n) is 3.80. The molecule has 21 heavy (non-hydrogen) atoms. The van der Waals surface area contributed by atoms with Crippen LogP contribution in [-0.2, 0) is 11.2 Å². The standard InChI is InChI=1S/C15H23N3O3/c1-4-5-11-12(15(20)21-3)10(2)17-13(11)14(19)18-8-6-16-7-9-18/h16-17H,4-9H2,1-3H3. The molecule has 1 aromatic heterocycles. The van der Waals surface area contributed by atoms with Crippen molar-refractivity contribution in [2.75, 3.05) is 33.3 Å². The summed E-state index contributed by atoms with van der Waals surface area (Å²) in [6, 6.07) is 0. The molecule has 0 aliphatic carbocycles. The molecule has 0 unspecified atom stereocenters. The number of methoxy groups -OCH3 is 1. The number of ether oxygens (including phenoxy) is 1. The van der Waals surface area contributed by atoms with Crippen molar-refractivity contribution in [2.24, 2.45) is 0 Å². The van der Waals surface area contributed by atoms with Gasteiger partial charge in [0.15, 0.2) is 0 Å². The first-order chi connectivity index (χ1) is 10.1. The van der Waals surface area contributed by atoms with Crippen LogP contribution in [0.2, 0.25) is 0 Å². The van der Waals surface area contributed by atoms with Gasteiger partial charge in [0.2, 0.25) is 0 Å². The number of aryl methyl sites for hydroxylation is 1. The lowest BCUT2D eigenvalue weighted by molar-refractivity contribution is 0.0599. The lowest BCUT2D eigenvalue weighted by atomic mass is 10.0. The maximum atomic E-state index is 12.7. The van der Waals surface area contributed by atoms with Gasteiger partial charge in [0.1, 0.15) is 5.69 Å². The van der Waals surface area contributed by atoms with E-state index >= 15 is 0 Å². The van der Waals surface area contributed by atoms with Gasteiger partial charge in [-0.25, -0.2) is 4.79 Å². The highest BCUT2D eigenvalue weighted by Crippen LogP contribution is 2.23. The number of esters is 1. The second-order valence-corrected chi connectivity index (χ2v) is 5.26. The minimum Gasteiger partial charge on any atom is -0.465 e. The van der Waals surface area contributed by atoms with Crippen LogP contribution in [0.1, 0.15) is 45.4 Å². The van der Waals surface area contributed by atoms with Crippen LogP contribution in [-0.4, -0.2) is 55.0 Å². The van der Waals surface area contributed by atoms with E-state index in [9.17, 15) is 9.59 Å². The predicted octanol–water partition coefficient (Wildman–Crippen LogP) is 1.11. The van der Waals surface area contributed by atoms with Gasteiger partial charge in [-0.1, -0.05) is 13.3 Å². The lowest BCUT2D eigenvalue weighted by Gasteiger charge is -2.27. The molecule has 0 bridgehead atoms. The summed E-state index contributed by atoms with van der Waals surface area (Å²) >= 11 is 0. The van der Waals surface area contributed by atoms with Crippen LogP contribution in [0.5, 0.6) is 0 Å². The van der Waals surface area contributed by atoms with E-state index in [0.717, 1.165) is 25.1 Å². The summed E-state index contributed by atoms with van der Waals surface area (Å²) in [6.07, 6.45) is 1.55. The molecule has 0 spiro atoms. The number of rotatable bonds is 4. The summed E-state index contributed by atoms with van der Waals surface area (Å²) in [4.78, 5) is 29.6. The largest absolute Gasteiger partial charge is 0.465 e. The fraction of sp³-hybridized carbons (Fsp3) is 0.600. The molecule has 0 saturated carbocycles. The molecule has 0 radical (unpaired) electrons. The topological polar surface area (TPSA) is 74.4 Å². The maximum absolute atomic E-state index is 12.7. The highest BCUT2D eigenvalue weighted by molar-refractivity contribution is 6.00. The van der Waals surface area contributed by atoms with Crippen LogP contribution in [0.15, 0.2) is 0 Å². The average Bonchev–Trinajstić information content (AvgIpc) is 2.83. The fourth-order valence-corrected chi connectivity index (χ4v) is 2.76. The van der Waals surface area contributed by atoms with Gasteiger partial charge >= 0.3 is 5.97 Å². The van der Waals surface area contributed by atoms with E-state index in [1.165, 1.54) is 7.11 Å². The van der Waals surface area contributed by atoms with E-state index < -0.39 is 0 Å². The van der Waals surface area contributed by atoms with Crippen molar-refractivity contribution < 1.29 is 14.3 Å². The molecule has 2 N–H and O–H groups in total. The molecule has 6 nitrogen and oxygen atoms in total. The van der Waals surface area contributed by atoms with Crippen molar-refractivity contribution in [2.45, 2.75) is 26.7 Å². The number of aromatic nitrogens is 1. The second-order valence-electron chi connectivity index (χ2n) is 5.26. The van der Waals surface area contributed by atoms with Gasteiger partial charge in [0, 0.05) is 31.9 Å². The van der Waals surface area contributed by atoms with Gasteiger partial charge < -0.3 is 19.9 Å². The summed E-state index contributed by atoms with van der Waals surface area (Å²) in [5, 5.41) is 3.23. The molecule has 116 valence electrons. The Bertz CT molecular complexity index is 531. The van der Waals surface area contributed by atoms with Crippen molar-refractivity contribution in [3.63, 3.8) is 0 Å². The highest BCUT2D eigenvalue weighted by Gasteiger charge is 2.27. The van der Waals surface area contributed by atoms with Crippen LogP contribution < -0.4 is 5.32 Å². The quantitative estimate of drug-likeness (QED) is 0.816. The number of hydrogen-bond donors (Lipinski definition) is 2. The van der Waals surface area contributed by atoms with Gasteiger partial charge in [0.25, 0.3) is 5.91 Å². The van der Waals surface area contributed by atoms with Crippen molar-refractivity contribution in [1.82, 2.24) is 15.2 Å². The number of nitrogens with zero attached hydrogens (tertiary/aromatic N) is 1. The molecule has 0 aromatic carbocycles. The Balaban J connectivity index is 2.38. The minimum absolute atomic E-state index is 0.0294. The molecule has 1 saturated heterocycles. The van der Waals surface area contributed by atoms with Gasteiger partial charge in [-0.2, -0.15) is 0 Å². The number of nitrogens with one attached hydrogen (secondary N) is 2. The molecule has 1 aromatic rings.